The molecule has 110 valence electrons. The van der Waals surface area contributed by atoms with Crippen LogP contribution < -0.4 is 5.73 Å². The van der Waals surface area contributed by atoms with E-state index in [4.69, 9.17) is 11.0 Å². The summed E-state index contributed by atoms with van der Waals surface area (Å²) >= 11 is 0. The molecule has 0 aliphatic carbocycles. The van der Waals surface area contributed by atoms with Crippen molar-refractivity contribution in [2.24, 2.45) is 0 Å². The molecule has 2 rings (SSSR count). The Morgan fingerprint density at radius 2 is 1.81 bits per heavy atom. The fraction of sp³-hybridized carbons (Fsp3) is 0.286. The van der Waals surface area contributed by atoms with Gasteiger partial charge in [-0.15, -0.1) is 0 Å². The number of anilines is 1. The van der Waals surface area contributed by atoms with Gasteiger partial charge in [0.25, 0.3) is 0 Å². The van der Waals surface area contributed by atoms with Crippen LogP contribution in [0.15, 0.2) is 24.3 Å². The number of rotatable bonds is 3. The van der Waals surface area contributed by atoms with E-state index in [1.165, 1.54) is 11.6 Å². The quantitative estimate of drug-likeness (QED) is 0.946. The topological polar surface area (TPSA) is 67.6 Å². The molecule has 21 heavy (non-hydrogen) atoms. The maximum atomic E-state index is 12.7. The zero-order valence-corrected chi connectivity index (χ0v) is 11.3. The number of nitrogen functional groups attached to an aromatic ring is 1. The van der Waals surface area contributed by atoms with Crippen LogP contribution in [-0.2, 0) is 19.1 Å². The normalized spacial score (nSPS) is 11.4. The summed E-state index contributed by atoms with van der Waals surface area (Å²) in [6.07, 6.45) is -4.26. The average molecular weight is 294 g/mol. The minimum atomic E-state index is -4.56. The first-order valence-electron chi connectivity index (χ1n) is 6.17. The zero-order valence-electron chi connectivity index (χ0n) is 11.3. The van der Waals surface area contributed by atoms with Gasteiger partial charge in [-0.05, 0) is 18.1 Å². The highest BCUT2D eigenvalue weighted by Crippen LogP contribution is 2.34. The van der Waals surface area contributed by atoms with Gasteiger partial charge in [-0.1, -0.05) is 24.3 Å². The monoisotopic (exact) mass is 294 g/mol. The number of aromatic nitrogens is 2. The van der Waals surface area contributed by atoms with Gasteiger partial charge >= 0.3 is 6.18 Å². The lowest BCUT2D eigenvalue weighted by atomic mass is 10.1. The van der Waals surface area contributed by atoms with E-state index < -0.39 is 11.9 Å². The molecule has 2 aromatic rings. The predicted octanol–water partition coefficient (Wildman–Crippen LogP) is 2.91. The van der Waals surface area contributed by atoms with Crippen LogP contribution in [0.2, 0.25) is 0 Å². The molecule has 1 heterocycles. The molecule has 0 spiro atoms. The molecule has 7 heteroatoms. The number of nitrogens with two attached hydrogens (primary N) is 1. The number of halogens is 3. The van der Waals surface area contributed by atoms with Gasteiger partial charge in [-0.25, -0.2) is 0 Å². The Balaban J connectivity index is 2.26. The molecule has 1 aromatic heterocycles. The highest BCUT2D eigenvalue weighted by atomic mass is 19.4. The Morgan fingerprint density at radius 3 is 2.29 bits per heavy atom. The van der Waals surface area contributed by atoms with Gasteiger partial charge in [0.05, 0.1) is 30.4 Å². The van der Waals surface area contributed by atoms with Crippen molar-refractivity contribution in [3.05, 3.63) is 46.8 Å². The molecule has 4 nitrogen and oxygen atoms in total. The summed E-state index contributed by atoms with van der Waals surface area (Å²) in [5.74, 6) is 0. The maximum Gasteiger partial charge on any atom is 0.437 e. The number of hydrogen-bond donors (Lipinski definition) is 1. The van der Waals surface area contributed by atoms with Gasteiger partial charge < -0.3 is 5.73 Å². The number of hydrogen-bond acceptors (Lipinski definition) is 3. The second kappa shape index (κ2) is 5.48. The standard InChI is InChI=1S/C14H13F3N4/c1-9-12(19)13(14(15,16)17)20-21(9)8-11-4-2-10(3-5-11)6-7-18/h2-5H,6,8,19H2,1H3. The molecular weight excluding hydrogens is 281 g/mol. The molecule has 1 aromatic carbocycles. The number of alkyl halides is 3. The third-order valence-corrected chi connectivity index (χ3v) is 3.16. The Kier molecular flexibility index (Phi) is 3.89. The number of benzene rings is 1. The molecule has 0 saturated heterocycles. The molecule has 0 atom stereocenters. The largest absolute Gasteiger partial charge is 0.437 e. The summed E-state index contributed by atoms with van der Waals surface area (Å²) in [6.45, 7) is 1.70. The van der Waals surface area contributed by atoms with Gasteiger partial charge in [-0.3, -0.25) is 4.68 Å². The van der Waals surface area contributed by atoms with Crippen molar-refractivity contribution >= 4 is 5.69 Å². The van der Waals surface area contributed by atoms with E-state index in [0.717, 1.165) is 11.1 Å². The minimum absolute atomic E-state index is 0.193. The summed E-state index contributed by atoms with van der Waals surface area (Å²) in [4.78, 5) is 0. The summed E-state index contributed by atoms with van der Waals surface area (Å²) in [7, 11) is 0. The summed E-state index contributed by atoms with van der Waals surface area (Å²) in [5, 5.41) is 12.1. The van der Waals surface area contributed by atoms with E-state index in [2.05, 4.69) is 5.10 Å². The van der Waals surface area contributed by atoms with Crippen LogP contribution >= 0.6 is 0 Å². The van der Waals surface area contributed by atoms with Crippen LogP contribution in [0.5, 0.6) is 0 Å². The molecule has 0 aliphatic rings. The molecule has 0 fully saturated rings. The second-order valence-corrected chi connectivity index (χ2v) is 4.65. The van der Waals surface area contributed by atoms with Gasteiger partial charge in [0.1, 0.15) is 0 Å². The van der Waals surface area contributed by atoms with E-state index in [1.807, 2.05) is 6.07 Å². The van der Waals surface area contributed by atoms with Crippen molar-refractivity contribution in [3.8, 4) is 6.07 Å². The lowest BCUT2D eigenvalue weighted by Gasteiger charge is -2.05. The van der Waals surface area contributed by atoms with Crippen LogP contribution in [0.25, 0.3) is 0 Å². The maximum absolute atomic E-state index is 12.7. The van der Waals surface area contributed by atoms with Crippen LogP contribution in [0.1, 0.15) is 22.5 Å². The molecule has 2 N–H and O–H groups in total. The summed E-state index contributed by atoms with van der Waals surface area (Å²) in [6, 6.07) is 9.09. The second-order valence-electron chi connectivity index (χ2n) is 4.65. The Hall–Kier alpha value is -2.49. The molecular formula is C14H13F3N4. The fourth-order valence-corrected chi connectivity index (χ4v) is 1.95. The first-order valence-corrected chi connectivity index (χ1v) is 6.17. The van der Waals surface area contributed by atoms with Crippen molar-refractivity contribution in [2.45, 2.75) is 26.1 Å². The average Bonchev–Trinajstić information content (AvgIpc) is 2.69. The molecule has 0 unspecified atom stereocenters. The third kappa shape index (κ3) is 3.16. The molecule has 0 aliphatic heterocycles. The van der Waals surface area contributed by atoms with E-state index in [0.29, 0.717) is 6.42 Å². The zero-order chi connectivity index (χ0) is 15.6. The van der Waals surface area contributed by atoms with Gasteiger partial charge in [0.15, 0.2) is 5.69 Å². The Labute approximate surface area is 119 Å². The highest BCUT2D eigenvalue weighted by molar-refractivity contribution is 5.49. The predicted molar refractivity (Wildman–Crippen MR) is 71.2 cm³/mol. The third-order valence-electron chi connectivity index (χ3n) is 3.16. The van der Waals surface area contributed by atoms with Crippen molar-refractivity contribution in [1.29, 1.82) is 5.26 Å². The Morgan fingerprint density at radius 1 is 1.24 bits per heavy atom. The number of nitriles is 1. The molecule has 0 amide bonds. The van der Waals surface area contributed by atoms with Crippen LogP contribution in [0.4, 0.5) is 18.9 Å². The van der Waals surface area contributed by atoms with Gasteiger partial charge in [0.2, 0.25) is 0 Å². The highest BCUT2D eigenvalue weighted by Gasteiger charge is 2.37. The molecule has 0 radical (unpaired) electrons. The first kappa shape index (κ1) is 14.9. The van der Waals surface area contributed by atoms with E-state index in [1.54, 1.807) is 24.3 Å². The van der Waals surface area contributed by atoms with Gasteiger partial charge in [0, 0.05) is 0 Å². The van der Waals surface area contributed by atoms with Gasteiger partial charge in [-0.2, -0.15) is 23.5 Å². The lowest BCUT2D eigenvalue weighted by molar-refractivity contribution is -0.140. The van der Waals surface area contributed by atoms with E-state index >= 15 is 0 Å². The van der Waals surface area contributed by atoms with Crippen molar-refractivity contribution in [1.82, 2.24) is 9.78 Å². The molecule has 0 saturated carbocycles. The smallest absolute Gasteiger partial charge is 0.395 e. The SMILES string of the molecule is Cc1c(N)c(C(F)(F)F)nn1Cc1ccc(CC#N)cc1. The van der Waals surface area contributed by atoms with Crippen molar-refractivity contribution in [3.63, 3.8) is 0 Å². The van der Waals surface area contributed by atoms with Crippen LogP contribution in [-0.4, -0.2) is 9.78 Å². The van der Waals surface area contributed by atoms with Crippen LogP contribution in [0, 0.1) is 18.3 Å². The first-order chi connectivity index (χ1) is 9.82. The molecule has 0 bridgehead atoms. The van der Waals surface area contributed by atoms with Crippen LogP contribution in [0.3, 0.4) is 0 Å². The summed E-state index contributed by atoms with van der Waals surface area (Å²) in [5.41, 5.74) is 5.99. The minimum Gasteiger partial charge on any atom is -0.395 e. The Bertz CT molecular complexity index is 678. The van der Waals surface area contributed by atoms with E-state index in [9.17, 15) is 13.2 Å². The number of nitrogens with zero attached hydrogens (tertiary/aromatic N) is 3. The lowest BCUT2D eigenvalue weighted by Crippen LogP contribution is -2.10. The fourth-order valence-electron chi connectivity index (χ4n) is 1.95. The summed E-state index contributed by atoms with van der Waals surface area (Å²) < 4.78 is 39.4. The van der Waals surface area contributed by atoms with Crippen molar-refractivity contribution in [2.75, 3.05) is 5.73 Å². The van der Waals surface area contributed by atoms with Crippen molar-refractivity contribution < 1.29 is 13.2 Å². The van der Waals surface area contributed by atoms with E-state index in [-0.39, 0.29) is 17.9 Å².